The molecule has 1 heterocycles. The maximum absolute atomic E-state index is 13.6. The number of methoxy groups -OCH3 is 1. The van der Waals surface area contributed by atoms with Crippen LogP contribution in [-0.4, -0.2) is 55.7 Å². The van der Waals surface area contributed by atoms with Gasteiger partial charge < -0.3 is 14.4 Å². The number of aromatic nitrogens is 1. The van der Waals surface area contributed by atoms with Gasteiger partial charge in [0.05, 0.1) is 23.9 Å². The number of rotatable bonds is 13. The van der Waals surface area contributed by atoms with Gasteiger partial charge in [0.25, 0.3) is 5.91 Å². The highest BCUT2D eigenvalue weighted by atomic mass is 35.5. The molecule has 3 rings (SSSR count). The number of hydrogen-bond acceptors (Lipinski definition) is 6. The standard InChI is InChI=1S/C26H35N3O3S.ClH/c1-5-8-9-18-32-21-12-10-20(11-13-21)25(30)29(17-16-28(6-2)7-3)26-27-23-15-14-22(31-4)19-24(23)33-26;/h10-15,19H,5-9,16-18H2,1-4H3;1H. The van der Waals surface area contributed by atoms with Crippen LogP contribution in [0.2, 0.25) is 0 Å². The zero-order chi connectivity index (χ0) is 23.6. The van der Waals surface area contributed by atoms with Crippen molar-refractivity contribution in [3.8, 4) is 11.5 Å². The topological polar surface area (TPSA) is 54.9 Å². The van der Waals surface area contributed by atoms with E-state index in [9.17, 15) is 4.79 Å². The van der Waals surface area contributed by atoms with Crippen LogP contribution in [0.3, 0.4) is 0 Å². The van der Waals surface area contributed by atoms with Crippen LogP contribution in [0, 0.1) is 0 Å². The van der Waals surface area contributed by atoms with Crippen LogP contribution in [0.5, 0.6) is 11.5 Å². The fourth-order valence-electron chi connectivity index (χ4n) is 3.59. The van der Waals surface area contributed by atoms with E-state index in [0.717, 1.165) is 54.2 Å². The highest BCUT2D eigenvalue weighted by Crippen LogP contribution is 2.32. The Morgan fingerprint density at radius 1 is 0.971 bits per heavy atom. The number of amides is 1. The molecule has 8 heteroatoms. The van der Waals surface area contributed by atoms with Gasteiger partial charge in [0, 0.05) is 18.7 Å². The van der Waals surface area contributed by atoms with Crippen LogP contribution in [0.1, 0.15) is 50.4 Å². The molecule has 0 radical (unpaired) electrons. The van der Waals surface area contributed by atoms with E-state index in [-0.39, 0.29) is 18.3 Å². The number of carbonyl (C=O) groups is 1. The molecule has 1 amide bonds. The van der Waals surface area contributed by atoms with Crippen LogP contribution in [-0.2, 0) is 0 Å². The Kier molecular flexibility index (Phi) is 11.6. The van der Waals surface area contributed by atoms with Gasteiger partial charge in [0.1, 0.15) is 11.5 Å². The Hall–Kier alpha value is -2.35. The molecule has 0 spiro atoms. The van der Waals surface area contributed by atoms with Crippen LogP contribution >= 0.6 is 23.7 Å². The lowest BCUT2D eigenvalue weighted by molar-refractivity contribution is 0.0983. The summed E-state index contributed by atoms with van der Waals surface area (Å²) in [6.07, 6.45) is 3.36. The number of benzene rings is 2. The molecule has 186 valence electrons. The van der Waals surface area contributed by atoms with E-state index >= 15 is 0 Å². The van der Waals surface area contributed by atoms with Crippen LogP contribution in [0.4, 0.5) is 5.13 Å². The predicted molar refractivity (Wildman–Crippen MR) is 144 cm³/mol. The first-order chi connectivity index (χ1) is 16.1. The molecule has 0 atom stereocenters. The number of unbranched alkanes of at least 4 members (excludes halogenated alkanes) is 2. The van der Waals surface area contributed by atoms with Gasteiger partial charge in [-0.25, -0.2) is 4.98 Å². The van der Waals surface area contributed by atoms with Crippen molar-refractivity contribution in [2.75, 3.05) is 44.8 Å². The fourth-order valence-corrected chi connectivity index (χ4v) is 4.61. The van der Waals surface area contributed by atoms with E-state index in [1.807, 2.05) is 42.5 Å². The molecule has 1 aromatic heterocycles. The molecule has 0 unspecified atom stereocenters. The van der Waals surface area contributed by atoms with E-state index in [0.29, 0.717) is 23.8 Å². The van der Waals surface area contributed by atoms with Gasteiger partial charge in [0.15, 0.2) is 5.13 Å². The molecule has 0 saturated heterocycles. The molecule has 3 aromatic rings. The van der Waals surface area contributed by atoms with Crippen molar-refractivity contribution in [1.82, 2.24) is 9.88 Å². The second kappa shape index (κ2) is 14.1. The number of likely N-dealkylation sites (N-methyl/N-ethyl adjacent to an activating group) is 1. The maximum atomic E-state index is 13.6. The van der Waals surface area contributed by atoms with Gasteiger partial charge in [-0.3, -0.25) is 9.69 Å². The average molecular weight is 506 g/mol. The third kappa shape index (κ3) is 7.32. The minimum absolute atomic E-state index is 0. The molecule has 0 fully saturated rings. The summed E-state index contributed by atoms with van der Waals surface area (Å²) in [6, 6.07) is 13.2. The monoisotopic (exact) mass is 505 g/mol. The summed E-state index contributed by atoms with van der Waals surface area (Å²) in [7, 11) is 1.65. The third-order valence-corrected chi connectivity index (χ3v) is 6.75. The van der Waals surface area contributed by atoms with Gasteiger partial charge >= 0.3 is 0 Å². The van der Waals surface area contributed by atoms with E-state index in [2.05, 4.69) is 25.7 Å². The zero-order valence-corrected chi connectivity index (χ0v) is 22.2. The number of carbonyl (C=O) groups excluding carboxylic acids is 1. The lowest BCUT2D eigenvalue weighted by Gasteiger charge is -2.24. The smallest absolute Gasteiger partial charge is 0.260 e. The normalized spacial score (nSPS) is 10.9. The second-order valence-corrected chi connectivity index (χ2v) is 8.90. The summed E-state index contributed by atoms with van der Waals surface area (Å²) in [4.78, 5) is 22.4. The quantitative estimate of drug-likeness (QED) is 0.256. The van der Waals surface area contributed by atoms with Crippen molar-refractivity contribution >= 4 is 45.0 Å². The average Bonchev–Trinajstić information content (AvgIpc) is 3.27. The molecule has 0 bridgehead atoms. The summed E-state index contributed by atoms with van der Waals surface area (Å²) in [5.74, 6) is 1.53. The SMILES string of the molecule is CCCCCOc1ccc(C(=O)N(CCN(CC)CC)c2nc3ccc(OC)cc3s2)cc1.Cl. The second-order valence-electron chi connectivity index (χ2n) is 7.89. The molecule has 2 aromatic carbocycles. The number of ether oxygens (including phenoxy) is 2. The van der Waals surface area contributed by atoms with Gasteiger partial charge in [-0.2, -0.15) is 0 Å². The number of halogens is 1. The predicted octanol–water partition coefficient (Wildman–Crippen LogP) is 6.28. The van der Waals surface area contributed by atoms with Gasteiger partial charge in [-0.15, -0.1) is 12.4 Å². The minimum Gasteiger partial charge on any atom is -0.497 e. The largest absolute Gasteiger partial charge is 0.497 e. The first-order valence-electron chi connectivity index (χ1n) is 11.8. The molecular formula is C26H36ClN3O3S. The molecule has 0 aliphatic carbocycles. The number of anilines is 1. The molecule has 0 aliphatic rings. The van der Waals surface area contributed by atoms with Crippen molar-refractivity contribution in [3.63, 3.8) is 0 Å². The number of nitrogens with zero attached hydrogens (tertiary/aromatic N) is 3. The molecule has 0 saturated carbocycles. The Morgan fingerprint density at radius 2 is 1.68 bits per heavy atom. The van der Waals surface area contributed by atoms with Crippen molar-refractivity contribution in [2.45, 2.75) is 40.0 Å². The maximum Gasteiger partial charge on any atom is 0.260 e. The van der Waals surface area contributed by atoms with Crippen LogP contribution < -0.4 is 14.4 Å². The van der Waals surface area contributed by atoms with E-state index in [1.165, 1.54) is 17.8 Å². The number of fused-ring (bicyclic) bond motifs is 1. The first kappa shape index (κ1) is 27.9. The summed E-state index contributed by atoms with van der Waals surface area (Å²) in [5, 5.41) is 0.704. The van der Waals surface area contributed by atoms with E-state index in [4.69, 9.17) is 14.5 Å². The number of hydrogen-bond donors (Lipinski definition) is 0. The van der Waals surface area contributed by atoms with E-state index in [1.54, 1.807) is 12.0 Å². The molecule has 6 nitrogen and oxygen atoms in total. The molecule has 34 heavy (non-hydrogen) atoms. The summed E-state index contributed by atoms with van der Waals surface area (Å²) >= 11 is 1.51. The minimum atomic E-state index is -0.0503. The van der Waals surface area contributed by atoms with Crippen LogP contribution in [0.15, 0.2) is 42.5 Å². The summed E-state index contributed by atoms with van der Waals surface area (Å²) in [5.41, 5.74) is 1.50. The van der Waals surface area contributed by atoms with Gasteiger partial charge in [0.2, 0.25) is 0 Å². The highest BCUT2D eigenvalue weighted by molar-refractivity contribution is 7.22. The Morgan fingerprint density at radius 3 is 2.32 bits per heavy atom. The van der Waals surface area contributed by atoms with Gasteiger partial charge in [-0.05, 0) is 62.0 Å². The fraction of sp³-hybridized carbons (Fsp3) is 0.462. The molecular weight excluding hydrogens is 470 g/mol. The first-order valence-corrected chi connectivity index (χ1v) is 12.6. The lowest BCUT2D eigenvalue weighted by Crippen LogP contribution is -2.38. The van der Waals surface area contributed by atoms with Crippen molar-refractivity contribution in [1.29, 1.82) is 0 Å². The highest BCUT2D eigenvalue weighted by Gasteiger charge is 2.22. The third-order valence-electron chi connectivity index (χ3n) is 5.71. The lowest BCUT2D eigenvalue weighted by atomic mass is 10.2. The summed E-state index contributed by atoms with van der Waals surface area (Å²) < 4.78 is 12.2. The van der Waals surface area contributed by atoms with E-state index < -0.39 is 0 Å². The Bertz CT molecular complexity index is 1020. The number of thiazole rings is 1. The molecule has 0 aliphatic heterocycles. The Balaban J connectivity index is 0.00000408. The summed E-state index contributed by atoms with van der Waals surface area (Å²) in [6.45, 7) is 10.4. The zero-order valence-electron chi connectivity index (χ0n) is 20.6. The van der Waals surface area contributed by atoms with Crippen molar-refractivity contribution < 1.29 is 14.3 Å². The Labute approximate surface area is 213 Å². The van der Waals surface area contributed by atoms with Crippen molar-refractivity contribution in [2.24, 2.45) is 0 Å². The van der Waals surface area contributed by atoms with Crippen LogP contribution in [0.25, 0.3) is 10.2 Å². The van der Waals surface area contributed by atoms with Gasteiger partial charge in [-0.1, -0.05) is 44.9 Å². The van der Waals surface area contributed by atoms with Crippen molar-refractivity contribution in [3.05, 3.63) is 48.0 Å². The molecule has 0 N–H and O–H groups in total.